The van der Waals surface area contributed by atoms with Crippen molar-refractivity contribution in [2.45, 2.75) is 63.8 Å². The number of rotatable bonds is 11. The number of sulfonamides is 1. The van der Waals surface area contributed by atoms with Crippen LogP contribution in [0.3, 0.4) is 0 Å². The van der Waals surface area contributed by atoms with E-state index >= 15 is 0 Å². The molecular formula is C30H34FN3O3S. The van der Waals surface area contributed by atoms with Crippen LogP contribution in [0.5, 0.6) is 0 Å². The molecule has 0 aliphatic rings. The zero-order chi connectivity index (χ0) is 27.3. The fourth-order valence-corrected chi connectivity index (χ4v) is 6.28. The third-order valence-corrected chi connectivity index (χ3v) is 8.85. The first-order chi connectivity index (χ1) is 18.3. The predicted octanol–water partition coefficient (Wildman–Crippen LogP) is 6.42. The van der Waals surface area contributed by atoms with E-state index in [4.69, 9.17) is 4.98 Å². The molecule has 1 aromatic heterocycles. The SMILES string of the molecule is CCCCCCN(C(C)c1nc2ccccc2c(=O)n1-c1ccc(CC)cc1)S(=O)(=O)c1ccc(F)cc1. The van der Waals surface area contributed by atoms with Crippen molar-refractivity contribution >= 4 is 20.9 Å². The molecule has 0 amide bonds. The van der Waals surface area contributed by atoms with Gasteiger partial charge in [-0.2, -0.15) is 4.31 Å². The number of halogens is 1. The van der Waals surface area contributed by atoms with Gasteiger partial charge >= 0.3 is 0 Å². The summed E-state index contributed by atoms with van der Waals surface area (Å²) in [6, 6.07) is 18.8. The molecule has 1 heterocycles. The maximum atomic E-state index is 13.9. The van der Waals surface area contributed by atoms with E-state index in [9.17, 15) is 17.6 Å². The first-order valence-electron chi connectivity index (χ1n) is 13.2. The van der Waals surface area contributed by atoms with E-state index < -0.39 is 21.9 Å². The minimum Gasteiger partial charge on any atom is -0.268 e. The fourth-order valence-electron chi connectivity index (χ4n) is 4.65. The number of unbranched alkanes of at least 4 members (excludes halogenated alkanes) is 3. The highest BCUT2D eigenvalue weighted by atomic mass is 32.2. The molecule has 3 aromatic carbocycles. The van der Waals surface area contributed by atoms with Gasteiger partial charge in [-0.25, -0.2) is 17.8 Å². The van der Waals surface area contributed by atoms with Gasteiger partial charge in [0, 0.05) is 6.54 Å². The molecule has 8 heteroatoms. The Bertz CT molecular complexity index is 1550. The lowest BCUT2D eigenvalue weighted by atomic mass is 10.1. The van der Waals surface area contributed by atoms with Gasteiger partial charge in [0.2, 0.25) is 10.0 Å². The Morgan fingerprint density at radius 2 is 1.61 bits per heavy atom. The molecule has 1 unspecified atom stereocenters. The van der Waals surface area contributed by atoms with Gasteiger partial charge in [0.15, 0.2) is 0 Å². The van der Waals surface area contributed by atoms with Gasteiger partial charge in [-0.05, 0) is 73.9 Å². The molecule has 0 saturated carbocycles. The monoisotopic (exact) mass is 535 g/mol. The van der Waals surface area contributed by atoms with Crippen LogP contribution >= 0.6 is 0 Å². The highest BCUT2D eigenvalue weighted by Crippen LogP contribution is 2.29. The van der Waals surface area contributed by atoms with Crippen LogP contribution in [0.25, 0.3) is 16.6 Å². The second kappa shape index (κ2) is 12.0. The van der Waals surface area contributed by atoms with E-state index in [1.165, 1.54) is 21.0 Å². The highest BCUT2D eigenvalue weighted by Gasteiger charge is 2.33. The van der Waals surface area contributed by atoms with E-state index in [2.05, 4.69) is 13.8 Å². The number of hydrogen-bond donors (Lipinski definition) is 0. The van der Waals surface area contributed by atoms with Gasteiger partial charge in [-0.3, -0.25) is 9.36 Å². The number of fused-ring (bicyclic) bond motifs is 1. The maximum Gasteiger partial charge on any atom is 0.266 e. The molecule has 6 nitrogen and oxygen atoms in total. The molecule has 200 valence electrons. The number of nitrogens with zero attached hydrogens (tertiary/aromatic N) is 3. The first-order valence-corrected chi connectivity index (χ1v) is 14.6. The molecule has 1 atom stereocenters. The van der Waals surface area contributed by atoms with Crippen molar-refractivity contribution in [3.63, 3.8) is 0 Å². The Hall–Kier alpha value is -3.36. The number of aromatic nitrogens is 2. The Balaban J connectivity index is 1.89. The average molecular weight is 536 g/mol. The van der Waals surface area contributed by atoms with Crippen molar-refractivity contribution in [3.8, 4) is 5.69 Å². The minimum atomic E-state index is -4.02. The van der Waals surface area contributed by atoms with Crippen LogP contribution in [0.15, 0.2) is 82.5 Å². The van der Waals surface area contributed by atoms with Crippen LogP contribution in [-0.2, 0) is 16.4 Å². The molecule has 0 aliphatic heterocycles. The lowest BCUT2D eigenvalue weighted by Gasteiger charge is -2.30. The van der Waals surface area contributed by atoms with Crippen molar-refractivity contribution in [2.24, 2.45) is 0 Å². The third kappa shape index (κ3) is 5.71. The van der Waals surface area contributed by atoms with Gasteiger partial charge in [-0.15, -0.1) is 0 Å². The highest BCUT2D eigenvalue weighted by molar-refractivity contribution is 7.89. The second-order valence-electron chi connectivity index (χ2n) is 9.45. The molecule has 0 fully saturated rings. The summed E-state index contributed by atoms with van der Waals surface area (Å²) < 4.78 is 44.3. The van der Waals surface area contributed by atoms with Crippen LogP contribution in [0.1, 0.15) is 63.9 Å². The van der Waals surface area contributed by atoms with Crippen molar-refractivity contribution in [3.05, 3.63) is 100 Å². The molecule has 4 rings (SSSR count). The second-order valence-corrected chi connectivity index (χ2v) is 11.3. The minimum absolute atomic E-state index is 0.00299. The van der Waals surface area contributed by atoms with Crippen LogP contribution in [-0.4, -0.2) is 28.8 Å². The van der Waals surface area contributed by atoms with Gasteiger partial charge in [-0.1, -0.05) is 57.4 Å². The predicted molar refractivity (Wildman–Crippen MR) is 150 cm³/mol. The Morgan fingerprint density at radius 1 is 0.921 bits per heavy atom. The van der Waals surface area contributed by atoms with Crippen LogP contribution in [0, 0.1) is 5.82 Å². The summed E-state index contributed by atoms with van der Waals surface area (Å²) in [6.45, 7) is 6.16. The van der Waals surface area contributed by atoms with E-state index in [0.717, 1.165) is 43.4 Å². The summed E-state index contributed by atoms with van der Waals surface area (Å²) in [6.07, 6.45) is 4.38. The zero-order valence-electron chi connectivity index (χ0n) is 22.1. The number of aryl methyl sites for hydroxylation is 1. The number of benzene rings is 3. The van der Waals surface area contributed by atoms with Gasteiger partial charge in [0.05, 0.1) is 27.5 Å². The molecule has 0 saturated heterocycles. The molecule has 4 aromatic rings. The molecule has 0 aliphatic carbocycles. The Kier molecular flexibility index (Phi) is 8.74. The van der Waals surface area contributed by atoms with E-state index in [0.29, 0.717) is 28.8 Å². The Morgan fingerprint density at radius 3 is 2.26 bits per heavy atom. The lowest BCUT2D eigenvalue weighted by molar-refractivity contribution is 0.319. The molecule has 0 N–H and O–H groups in total. The summed E-state index contributed by atoms with van der Waals surface area (Å²) in [5, 5.41) is 0.457. The van der Waals surface area contributed by atoms with Crippen LogP contribution < -0.4 is 5.56 Å². The van der Waals surface area contributed by atoms with Crippen molar-refractivity contribution in [2.75, 3.05) is 6.54 Å². The summed E-state index contributed by atoms with van der Waals surface area (Å²) in [5.41, 5.74) is 2.00. The maximum absolute atomic E-state index is 13.9. The largest absolute Gasteiger partial charge is 0.268 e. The van der Waals surface area contributed by atoms with Crippen molar-refractivity contribution in [1.29, 1.82) is 0 Å². The normalized spacial score (nSPS) is 12.8. The van der Waals surface area contributed by atoms with Crippen molar-refractivity contribution < 1.29 is 12.8 Å². The molecule has 38 heavy (non-hydrogen) atoms. The fraction of sp³-hybridized carbons (Fsp3) is 0.333. The Labute approximate surface area is 223 Å². The van der Waals surface area contributed by atoms with Gasteiger partial charge in [0.1, 0.15) is 11.6 Å². The standard InChI is InChI=1S/C30H34FN3O3S/c1-4-6-7-10-21-33(38(36,37)26-19-15-24(31)16-20-26)22(3)29-32-28-12-9-8-11-27(28)30(35)34(29)25-17-13-23(5-2)14-18-25/h8-9,11-20,22H,4-7,10,21H2,1-3H3. The van der Waals surface area contributed by atoms with Crippen LogP contribution in [0.2, 0.25) is 0 Å². The zero-order valence-corrected chi connectivity index (χ0v) is 22.9. The van der Waals surface area contributed by atoms with Gasteiger partial charge < -0.3 is 0 Å². The quantitative estimate of drug-likeness (QED) is 0.208. The van der Waals surface area contributed by atoms with Crippen LogP contribution in [0.4, 0.5) is 4.39 Å². The topological polar surface area (TPSA) is 72.3 Å². The summed E-state index contributed by atoms with van der Waals surface area (Å²) >= 11 is 0. The molecule has 0 bridgehead atoms. The van der Waals surface area contributed by atoms with E-state index in [-0.39, 0.29) is 17.0 Å². The van der Waals surface area contributed by atoms with E-state index in [1.807, 2.05) is 24.3 Å². The number of para-hydroxylation sites is 1. The summed E-state index contributed by atoms with van der Waals surface area (Å²) in [7, 11) is -4.02. The molecule has 0 spiro atoms. The average Bonchev–Trinajstić information content (AvgIpc) is 2.93. The summed E-state index contributed by atoms with van der Waals surface area (Å²) in [4.78, 5) is 18.6. The number of hydrogen-bond acceptors (Lipinski definition) is 4. The molecule has 0 radical (unpaired) electrons. The van der Waals surface area contributed by atoms with Crippen molar-refractivity contribution in [1.82, 2.24) is 13.9 Å². The van der Waals surface area contributed by atoms with Gasteiger partial charge in [0.25, 0.3) is 5.56 Å². The third-order valence-electron chi connectivity index (χ3n) is 6.86. The smallest absolute Gasteiger partial charge is 0.266 e. The summed E-state index contributed by atoms with van der Waals surface area (Å²) in [5.74, 6) is -0.175. The lowest BCUT2D eigenvalue weighted by Crippen LogP contribution is -2.38. The first kappa shape index (κ1) is 27.7. The molecular weight excluding hydrogens is 501 g/mol. The van der Waals surface area contributed by atoms with E-state index in [1.54, 1.807) is 31.2 Å².